The number of fused-ring (bicyclic) bond motifs is 2. The molecule has 38 heavy (non-hydrogen) atoms. The van der Waals surface area contributed by atoms with Gasteiger partial charge in [0.2, 0.25) is 4.96 Å². The van der Waals surface area contributed by atoms with Crippen molar-refractivity contribution in [2.45, 2.75) is 0 Å². The van der Waals surface area contributed by atoms with Crippen LogP contribution in [0, 0.1) is 0 Å². The number of rotatable bonds is 4. The SMILES string of the molecule is Clc1ccc(Cl)c(-c2ccc(-c3cc(-c4nn5c(-c6ccccc6Br)nnc5s4)c4ccccc4n3)o2)c1. The van der Waals surface area contributed by atoms with Crippen LogP contribution < -0.4 is 0 Å². The van der Waals surface area contributed by atoms with E-state index in [0.717, 1.165) is 37.1 Å². The summed E-state index contributed by atoms with van der Waals surface area (Å²) in [5.41, 5.74) is 4.08. The molecule has 4 aromatic heterocycles. The fraction of sp³-hybridized carbons (Fsp3) is 0. The van der Waals surface area contributed by atoms with Crippen LogP contribution in [0.2, 0.25) is 10.0 Å². The van der Waals surface area contributed by atoms with Crippen LogP contribution in [0.5, 0.6) is 0 Å². The Kier molecular flexibility index (Phi) is 5.78. The van der Waals surface area contributed by atoms with Crippen molar-refractivity contribution in [2.75, 3.05) is 0 Å². The van der Waals surface area contributed by atoms with Crippen LogP contribution in [0.25, 0.3) is 60.6 Å². The van der Waals surface area contributed by atoms with E-state index in [0.29, 0.717) is 38.0 Å². The maximum atomic E-state index is 6.41. The molecule has 7 aromatic rings. The number of nitrogens with zero attached hydrogens (tertiary/aromatic N) is 5. The monoisotopic (exact) mass is 617 g/mol. The Hall–Kier alpha value is -3.56. The van der Waals surface area contributed by atoms with Gasteiger partial charge in [0.15, 0.2) is 11.6 Å². The lowest BCUT2D eigenvalue weighted by Gasteiger charge is -2.07. The summed E-state index contributed by atoms with van der Waals surface area (Å²) in [6, 6.07) is 26.9. The Morgan fingerprint density at radius 3 is 2.50 bits per heavy atom. The third kappa shape index (κ3) is 4.01. The minimum Gasteiger partial charge on any atom is -0.454 e. The quantitative estimate of drug-likeness (QED) is 0.197. The Balaban J connectivity index is 1.37. The van der Waals surface area contributed by atoms with Crippen molar-refractivity contribution in [1.29, 1.82) is 0 Å². The maximum absolute atomic E-state index is 6.41. The maximum Gasteiger partial charge on any atom is 0.235 e. The Morgan fingerprint density at radius 2 is 1.61 bits per heavy atom. The van der Waals surface area contributed by atoms with Gasteiger partial charge in [0.1, 0.15) is 16.5 Å². The first kappa shape index (κ1) is 23.5. The largest absolute Gasteiger partial charge is 0.454 e. The van der Waals surface area contributed by atoms with Crippen LogP contribution in [0.1, 0.15) is 0 Å². The predicted octanol–water partition coefficient (Wildman–Crippen LogP) is 9.06. The minimum absolute atomic E-state index is 0.558. The first-order valence-corrected chi connectivity index (χ1v) is 13.8. The molecule has 0 atom stereocenters. The molecule has 0 bridgehead atoms. The topological polar surface area (TPSA) is 69.1 Å². The van der Waals surface area contributed by atoms with Crippen molar-refractivity contribution in [3.8, 4) is 44.7 Å². The van der Waals surface area contributed by atoms with Crippen molar-refractivity contribution >= 4 is 66.3 Å². The number of benzene rings is 3. The lowest BCUT2D eigenvalue weighted by Crippen LogP contribution is -1.93. The second kappa shape index (κ2) is 9.32. The van der Waals surface area contributed by atoms with Crippen molar-refractivity contribution < 1.29 is 4.42 Å². The molecule has 0 N–H and O–H groups in total. The van der Waals surface area contributed by atoms with E-state index in [2.05, 4.69) is 26.1 Å². The summed E-state index contributed by atoms with van der Waals surface area (Å²) in [4.78, 5) is 5.58. The smallest absolute Gasteiger partial charge is 0.235 e. The number of hydrogen-bond donors (Lipinski definition) is 0. The molecule has 0 amide bonds. The number of aromatic nitrogens is 5. The van der Waals surface area contributed by atoms with Gasteiger partial charge in [0, 0.05) is 31.6 Å². The average molecular weight is 619 g/mol. The van der Waals surface area contributed by atoms with E-state index in [-0.39, 0.29) is 0 Å². The van der Waals surface area contributed by atoms with E-state index in [1.807, 2.05) is 66.7 Å². The van der Waals surface area contributed by atoms with Crippen LogP contribution in [-0.4, -0.2) is 24.8 Å². The molecule has 0 fully saturated rings. The third-order valence-electron chi connectivity index (χ3n) is 6.10. The van der Waals surface area contributed by atoms with Gasteiger partial charge in [0.25, 0.3) is 0 Å². The summed E-state index contributed by atoms with van der Waals surface area (Å²) in [6.07, 6.45) is 0. The van der Waals surface area contributed by atoms with E-state index < -0.39 is 0 Å². The summed E-state index contributed by atoms with van der Waals surface area (Å²) in [6.45, 7) is 0. The molecule has 0 aliphatic carbocycles. The van der Waals surface area contributed by atoms with Crippen molar-refractivity contribution in [3.63, 3.8) is 0 Å². The van der Waals surface area contributed by atoms with Gasteiger partial charge in [-0.05, 0) is 54.6 Å². The highest BCUT2D eigenvalue weighted by Gasteiger charge is 2.20. The van der Waals surface area contributed by atoms with Gasteiger partial charge < -0.3 is 4.42 Å². The van der Waals surface area contributed by atoms with E-state index >= 15 is 0 Å². The van der Waals surface area contributed by atoms with Crippen LogP contribution in [0.4, 0.5) is 0 Å². The molecule has 10 heteroatoms. The van der Waals surface area contributed by atoms with Crippen LogP contribution >= 0.6 is 50.5 Å². The third-order valence-corrected chi connectivity index (χ3v) is 8.29. The first-order chi connectivity index (χ1) is 18.5. The number of furan rings is 1. The fourth-order valence-electron chi connectivity index (χ4n) is 4.32. The number of hydrogen-bond acceptors (Lipinski definition) is 6. The Bertz CT molecular complexity index is 2000. The Morgan fingerprint density at radius 1 is 0.789 bits per heavy atom. The number of pyridine rings is 1. The average Bonchev–Trinajstić information content (AvgIpc) is 3.66. The zero-order valence-corrected chi connectivity index (χ0v) is 23.2. The predicted molar refractivity (Wildman–Crippen MR) is 156 cm³/mol. The van der Waals surface area contributed by atoms with E-state index in [1.54, 1.807) is 22.7 Å². The molecule has 0 radical (unpaired) electrons. The molecule has 4 heterocycles. The van der Waals surface area contributed by atoms with Crippen molar-refractivity contribution in [2.24, 2.45) is 0 Å². The zero-order valence-electron chi connectivity index (χ0n) is 19.3. The van der Waals surface area contributed by atoms with Gasteiger partial charge in [-0.25, -0.2) is 4.98 Å². The highest BCUT2D eigenvalue weighted by atomic mass is 79.9. The summed E-state index contributed by atoms with van der Waals surface area (Å²) in [5, 5.41) is 16.6. The molecule has 0 unspecified atom stereocenters. The molecule has 0 spiro atoms. The summed E-state index contributed by atoms with van der Waals surface area (Å²) in [5.74, 6) is 1.89. The van der Waals surface area contributed by atoms with Crippen LogP contribution in [0.15, 0.2) is 93.8 Å². The molecule has 0 saturated heterocycles. The molecular weight excluding hydrogens is 605 g/mol. The fourth-order valence-corrected chi connectivity index (χ4v) is 6.04. The van der Waals surface area contributed by atoms with Crippen molar-refractivity contribution in [3.05, 3.63) is 99.4 Å². The summed E-state index contributed by atoms with van der Waals surface area (Å²) >= 11 is 17.7. The zero-order chi connectivity index (χ0) is 25.8. The van der Waals surface area contributed by atoms with Gasteiger partial charge in [-0.1, -0.05) is 80.8 Å². The van der Waals surface area contributed by atoms with E-state index in [1.165, 1.54) is 11.3 Å². The van der Waals surface area contributed by atoms with Crippen LogP contribution in [0.3, 0.4) is 0 Å². The second-order valence-corrected chi connectivity index (χ2v) is 11.1. The molecular formula is C28H14BrCl2N5OS. The lowest BCUT2D eigenvalue weighted by molar-refractivity contribution is 0.595. The summed E-state index contributed by atoms with van der Waals surface area (Å²) in [7, 11) is 0. The van der Waals surface area contributed by atoms with E-state index in [4.69, 9.17) is 37.7 Å². The summed E-state index contributed by atoms with van der Waals surface area (Å²) < 4.78 is 8.91. The Labute approximate surface area is 238 Å². The molecule has 0 aliphatic rings. The van der Waals surface area contributed by atoms with Gasteiger partial charge in [-0.3, -0.25) is 0 Å². The minimum atomic E-state index is 0.558. The molecule has 0 saturated carbocycles. The second-order valence-electron chi connectivity index (χ2n) is 8.47. The first-order valence-electron chi connectivity index (χ1n) is 11.5. The normalized spacial score (nSPS) is 11.6. The molecule has 3 aromatic carbocycles. The van der Waals surface area contributed by atoms with E-state index in [9.17, 15) is 0 Å². The highest BCUT2D eigenvalue weighted by Crippen LogP contribution is 2.38. The van der Waals surface area contributed by atoms with Gasteiger partial charge in [-0.15, -0.1) is 10.2 Å². The standard InChI is InChI=1S/C28H14BrCl2N5OS/c29-20-7-3-1-6-17(20)26-33-34-28-36(26)35-27(38-28)18-14-23(32-22-8-4-2-5-16(18)22)25-12-11-24(37-25)19-13-15(30)9-10-21(19)31/h1-14H. The van der Waals surface area contributed by atoms with Gasteiger partial charge >= 0.3 is 0 Å². The lowest BCUT2D eigenvalue weighted by atomic mass is 10.1. The molecule has 7 rings (SSSR count). The molecule has 6 nitrogen and oxygen atoms in total. The number of halogens is 3. The van der Waals surface area contributed by atoms with Crippen molar-refractivity contribution in [1.82, 2.24) is 24.8 Å². The number of para-hydroxylation sites is 1. The molecule has 184 valence electrons. The van der Waals surface area contributed by atoms with Gasteiger partial charge in [-0.2, -0.15) is 9.61 Å². The molecule has 0 aliphatic heterocycles. The van der Waals surface area contributed by atoms with Gasteiger partial charge in [0.05, 0.1) is 10.5 Å². The highest BCUT2D eigenvalue weighted by molar-refractivity contribution is 9.10. The van der Waals surface area contributed by atoms with Crippen LogP contribution in [-0.2, 0) is 0 Å².